The lowest BCUT2D eigenvalue weighted by molar-refractivity contribution is -0.893. The van der Waals surface area contributed by atoms with Crippen molar-refractivity contribution in [2.24, 2.45) is 0 Å². The van der Waals surface area contributed by atoms with Crippen LogP contribution in [0.1, 0.15) is 32.6 Å². The first-order valence-electron chi connectivity index (χ1n) is 5.58. The number of hydrogen-bond donors (Lipinski definition) is 1. The van der Waals surface area contributed by atoms with Crippen LogP contribution in [0, 0.1) is 0 Å². The van der Waals surface area contributed by atoms with Crippen LogP contribution in [0.25, 0.3) is 0 Å². The number of aliphatic hydroxyl groups is 1. The minimum absolute atomic E-state index is 0.344. The van der Waals surface area contributed by atoms with Crippen LogP contribution >= 0.6 is 11.6 Å². The summed E-state index contributed by atoms with van der Waals surface area (Å²) in [5.41, 5.74) is 0. The number of unbranched alkanes of at least 4 members (excludes halogenated alkanes) is 3. The van der Waals surface area contributed by atoms with Gasteiger partial charge in [-0.3, -0.25) is 0 Å². The maximum atomic E-state index is 9.45. The lowest BCUT2D eigenvalue weighted by Crippen LogP contribution is -2.46. The van der Waals surface area contributed by atoms with Crippen molar-refractivity contribution in [2.45, 2.75) is 38.7 Å². The molecule has 0 radical (unpaired) electrons. The third-order valence-electron chi connectivity index (χ3n) is 2.50. The first-order chi connectivity index (χ1) is 6.52. The van der Waals surface area contributed by atoms with Gasteiger partial charge in [0.15, 0.2) is 0 Å². The van der Waals surface area contributed by atoms with Crippen molar-refractivity contribution in [1.29, 1.82) is 0 Å². The van der Waals surface area contributed by atoms with Gasteiger partial charge in [-0.1, -0.05) is 19.8 Å². The van der Waals surface area contributed by atoms with Crippen LogP contribution in [0.3, 0.4) is 0 Å². The van der Waals surface area contributed by atoms with Gasteiger partial charge in [0.1, 0.15) is 12.6 Å². The van der Waals surface area contributed by atoms with Crippen LogP contribution in [0.2, 0.25) is 0 Å². The topological polar surface area (TPSA) is 20.2 Å². The molecule has 0 aliphatic rings. The highest BCUT2D eigenvalue weighted by Gasteiger charge is 2.18. The Kier molecular flexibility index (Phi) is 7.61. The minimum atomic E-state index is -0.363. The Balaban J connectivity index is 3.60. The molecule has 1 unspecified atom stereocenters. The standard InChI is InChI=1S/C11H25ClNO/c1-4-5-6-7-8-13(2,3)10-11(14)9-12/h11,14H,4-10H2,1-3H3/q+1. The van der Waals surface area contributed by atoms with Gasteiger partial charge < -0.3 is 9.59 Å². The second-order valence-corrected chi connectivity index (χ2v) is 5.02. The van der Waals surface area contributed by atoms with Gasteiger partial charge in [0.2, 0.25) is 0 Å². The van der Waals surface area contributed by atoms with Crippen molar-refractivity contribution in [1.82, 2.24) is 0 Å². The van der Waals surface area contributed by atoms with Crippen LogP contribution < -0.4 is 0 Å². The summed E-state index contributed by atoms with van der Waals surface area (Å²) in [6.07, 6.45) is 4.78. The molecule has 0 aliphatic carbocycles. The number of alkyl halides is 1. The first-order valence-corrected chi connectivity index (χ1v) is 6.11. The molecule has 0 aliphatic heterocycles. The Hall–Kier alpha value is 0.210. The van der Waals surface area contributed by atoms with E-state index < -0.39 is 0 Å². The predicted molar refractivity (Wildman–Crippen MR) is 62.7 cm³/mol. The highest BCUT2D eigenvalue weighted by molar-refractivity contribution is 6.18. The molecular formula is C11H25ClNO+. The molecule has 0 spiro atoms. The number of quaternary nitrogens is 1. The molecular weight excluding hydrogens is 198 g/mol. The van der Waals surface area contributed by atoms with E-state index in [2.05, 4.69) is 21.0 Å². The lowest BCUT2D eigenvalue weighted by atomic mass is 10.2. The average molecular weight is 223 g/mol. The van der Waals surface area contributed by atoms with E-state index in [0.29, 0.717) is 5.88 Å². The van der Waals surface area contributed by atoms with Gasteiger partial charge in [-0.25, -0.2) is 0 Å². The SMILES string of the molecule is CCCCCC[N+](C)(C)CC(O)CCl. The summed E-state index contributed by atoms with van der Waals surface area (Å²) in [5.74, 6) is 0.344. The van der Waals surface area contributed by atoms with E-state index in [1.807, 2.05) is 0 Å². The summed E-state index contributed by atoms with van der Waals surface area (Å²) in [4.78, 5) is 0. The molecule has 14 heavy (non-hydrogen) atoms. The molecule has 0 rings (SSSR count). The fourth-order valence-electron chi connectivity index (χ4n) is 1.68. The average Bonchev–Trinajstić information content (AvgIpc) is 2.12. The zero-order valence-electron chi connectivity index (χ0n) is 9.80. The van der Waals surface area contributed by atoms with E-state index in [0.717, 1.165) is 17.6 Å². The van der Waals surface area contributed by atoms with Crippen LogP contribution in [0.5, 0.6) is 0 Å². The molecule has 1 N–H and O–H groups in total. The summed E-state index contributed by atoms with van der Waals surface area (Å²) in [7, 11) is 4.31. The zero-order valence-corrected chi connectivity index (χ0v) is 10.6. The number of aliphatic hydroxyl groups excluding tert-OH is 1. The van der Waals surface area contributed by atoms with E-state index in [9.17, 15) is 5.11 Å². The van der Waals surface area contributed by atoms with Crippen LogP contribution in [-0.4, -0.2) is 48.8 Å². The Morgan fingerprint density at radius 3 is 2.36 bits per heavy atom. The van der Waals surface area contributed by atoms with Crippen molar-refractivity contribution in [3.63, 3.8) is 0 Å². The fraction of sp³-hybridized carbons (Fsp3) is 1.00. The maximum absolute atomic E-state index is 9.45. The monoisotopic (exact) mass is 222 g/mol. The molecule has 86 valence electrons. The molecule has 2 nitrogen and oxygen atoms in total. The second kappa shape index (κ2) is 7.49. The molecule has 0 amide bonds. The van der Waals surface area contributed by atoms with Gasteiger partial charge in [0, 0.05) is 0 Å². The molecule has 3 heteroatoms. The molecule has 0 bridgehead atoms. The van der Waals surface area contributed by atoms with Crippen molar-refractivity contribution in [2.75, 3.05) is 33.1 Å². The number of hydrogen-bond acceptors (Lipinski definition) is 1. The number of halogens is 1. The van der Waals surface area contributed by atoms with Gasteiger partial charge in [-0.05, 0) is 12.8 Å². The summed E-state index contributed by atoms with van der Waals surface area (Å²) in [6.45, 7) is 4.11. The predicted octanol–water partition coefficient (Wildman–Crippen LogP) is 2.24. The molecule has 0 heterocycles. The molecule has 1 atom stereocenters. The lowest BCUT2D eigenvalue weighted by Gasteiger charge is -2.31. The van der Waals surface area contributed by atoms with Crippen LogP contribution in [-0.2, 0) is 0 Å². The van der Waals surface area contributed by atoms with Gasteiger partial charge in [-0.15, -0.1) is 11.6 Å². The van der Waals surface area contributed by atoms with Gasteiger partial charge >= 0.3 is 0 Å². The Bertz CT molecular complexity index is 139. The van der Waals surface area contributed by atoms with Crippen LogP contribution in [0.15, 0.2) is 0 Å². The minimum Gasteiger partial charge on any atom is -0.386 e. The molecule has 0 fully saturated rings. The molecule has 0 aromatic heterocycles. The van der Waals surface area contributed by atoms with Gasteiger partial charge in [0.25, 0.3) is 0 Å². The molecule has 0 aromatic carbocycles. The summed E-state index contributed by atoms with van der Waals surface area (Å²) >= 11 is 5.58. The van der Waals surface area contributed by atoms with Crippen LogP contribution in [0.4, 0.5) is 0 Å². The number of likely N-dealkylation sites (N-methyl/N-ethyl adjacent to an activating group) is 1. The second-order valence-electron chi connectivity index (χ2n) is 4.71. The third-order valence-corrected chi connectivity index (χ3v) is 2.86. The zero-order chi connectivity index (χ0) is 11.0. The first kappa shape index (κ1) is 14.2. The largest absolute Gasteiger partial charge is 0.386 e. The Labute approximate surface area is 93.5 Å². The third kappa shape index (κ3) is 7.60. The van der Waals surface area contributed by atoms with E-state index in [1.54, 1.807) is 0 Å². The Morgan fingerprint density at radius 2 is 1.86 bits per heavy atom. The molecule has 0 saturated heterocycles. The van der Waals surface area contributed by atoms with Crippen molar-refractivity contribution >= 4 is 11.6 Å². The van der Waals surface area contributed by atoms with E-state index in [4.69, 9.17) is 11.6 Å². The summed E-state index contributed by atoms with van der Waals surface area (Å²) in [5, 5.41) is 9.45. The van der Waals surface area contributed by atoms with Crippen molar-refractivity contribution < 1.29 is 9.59 Å². The van der Waals surface area contributed by atoms with Gasteiger partial charge in [-0.2, -0.15) is 0 Å². The summed E-state index contributed by atoms with van der Waals surface area (Å²) < 4.78 is 0.873. The maximum Gasteiger partial charge on any atom is 0.116 e. The highest BCUT2D eigenvalue weighted by atomic mass is 35.5. The number of nitrogens with zero attached hydrogens (tertiary/aromatic N) is 1. The van der Waals surface area contributed by atoms with Crippen molar-refractivity contribution in [3.05, 3.63) is 0 Å². The number of rotatable bonds is 8. The van der Waals surface area contributed by atoms with E-state index in [-0.39, 0.29) is 6.10 Å². The smallest absolute Gasteiger partial charge is 0.116 e. The fourth-order valence-corrected chi connectivity index (χ4v) is 1.77. The normalized spacial score (nSPS) is 14.4. The van der Waals surface area contributed by atoms with E-state index in [1.165, 1.54) is 25.7 Å². The van der Waals surface area contributed by atoms with E-state index >= 15 is 0 Å². The quantitative estimate of drug-likeness (QED) is 0.380. The highest BCUT2D eigenvalue weighted by Crippen LogP contribution is 2.07. The Morgan fingerprint density at radius 1 is 1.21 bits per heavy atom. The summed E-state index contributed by atoms with van der Waals surface area (Å²) in [6, 6.07) is 0. The van der Waals surface area contributed by atoms with Gasteiger partial charge in [0.05, 0.1) is 26.5 Å². The van der Waals surface area contributed by atoms with Crippen molar-refractivity contribution in [3.8, 4) is 0 Å². The molecule has 0 saturated carbocycles. The molecule has 0 aromatic rings.